The second-order valence-electron chi connectivity index (χ2n) is 4.94. The topological polar surface area (TPSA) is 77.8 Å². The monoisotopic (exact) mass is 272 g/mol. The number of amides is 1. The maximum Gasteiger partial charge on any atom is 0.221 e. The zero-order valence-corrected chi connectivity index (χ0v) is 11.8. The second kappa shape index (κ2) is 6.90. The molecule has 1 aliphatic carbocycles. The van der Waals surface area contributed by atoms with Gasteiger partial charge in [-0.1, -0.05) is 0 Å². The highest BCUT2D eigenvalue weighted by Gasteiger charge is 2.15. The molecule has 0 saturated heterocycles. The molecule has 5 nitrogen and oxygen atoms in total. The summed E-state index contributed by atoms with van der Waals surface area (Å²) in [6, 6.07) is 4.12. The summed E-state index contributed by atoms with van der Waals surface area (Å²) >= 11 is 0. The van der Waals surface area contributed by atoms with Crippen molar-refractivity contribution in [1.82, 2.24) is 10.3 Å². The number of nitriles is 1. The van der Waals surface area contributed by atoms with Crippen molar-refractivity contribution in [2.75, 3.05) is 18.4 Å². The van der Waals surface area contributed by atoms with Gasteiger partial charge in [-0.2, -0.15) is 5.26 Å². The van der Waals surface area contributed by atoms with E-state index in [4.69, 9.17) is 0 Å². The van der Waals surface area contributed by atoms with Gasteiger partial charge in [0.2, 0.25) is 5.91 Å². The van der Waals surface area contributed by atoms with Gasteiger partial charge < -0.3 is 10.6 Å². The molecule has 5 heteroatoms. The van der Waals surface area contributed by atoms with E-state index < -0.39 is 0 Å². The maximum absolute atomic E-state index is 11.4. The summed E-state index contributed by atoms with van der Waals surface area (Å²) in [6.07, 6.45) is 4.70. The number of hydrogen-bond donors (Lipinski definition) is 2. The van der Waals surface area contributed by atoms with Crippen LogP contribution >= 0.6 is 0 Å². The molecule has 0 unspecified atom stereocenters. The molecule has 1 aromatic rings. The fraction of sp³-hybridized carbons (Fsp3) is 0.533. The van der Waals surface area contributed by atoms with Crippen LogP contribution in [-0.4, -0.2) is 24.0 Å². The Morgan fingerprint density at radius 2 is 2.25 bits per heavy atom. The average Bonchev–Trinajstić information content (AvgIpc) is 2.46. The molecule has 0 bridgehead atoms. The van der Waals surface area contributed by atoms with E-state index in [2.05, 4.69) is 21.7 Å². The van der Waals surface area contributed by atoms with Crippen molar-refractivity contribution in [2.45, 2.75) is 39.0 Å². The fourth-order valence-electron chi connectivity index (χ4n) is 2.43. The van der Waals surface area contributed by atoms with Crippen LogP contribution in [0.5, 0.6) is 0 Å². The third-order valence-corrected chi connectivity index (χ3v) is 3.44. The Balaban J connectivity index is 2.03. The number of anilines is 1. The summed E-state index contributed by atoms with van der Waals surface area (Å²) in [4.78, 5) is 15.9. The highest BCUT2D eigenvalue weighted by molar-refractivity contribution is 5.76. The minimum absolute atomic E-state index is 0.0106. The molecule has 0 saturated carbocycles. The molecule has 0 fully saturated rings. The highest BCUT2D eigenvalue weighted by atomic mass is 16.1. The van der Waals surface area contributed by atoms with E-state index in [9.17, 15) is 10.1 Å². The zero-order chi connectivity index (χ0) is 14.4. The Hall–Kier alpha value is -2.09. The largest absolute Gasteiger partial charge is 0.368 e. The first kappa shape index (κ1) is 14.3. The molecule has 106 valence electrons. The molecule has 0 atom stereocenters. The first-order valence-corrected chi connectivity index (χ1v) is 7.18. The molecule has 0 aliphatic heterocycles. The van der Waals surface area contributed by atoms with Crippen LogP contribution in [0.1, 0.15) is 43.0 Å². The van der Waals surface area contributed by atoms with Crippen molar-refractivity contribution < 1.29 is 4.79 Å². The molecule has 20 heavy (non-hydrogen) atoms. The van der Waals surface area contributed by atoms with Crippen LogP contribution in [0.25, 0.3) is 0 Å². The van der Waals surface area contributed by atoms with Gasteiger partial charge in [-0.3, -0.25) is 4.79 Å². The second-order valence-corrected chi connectivity index (χ2v) is 4.94. The summed E-state index contributed by atoms with van der Waals surface area (Å²) in [7, 11) is 0. The van der Waals surface area contributed by atoms with E-state index in [-0.39, 0.29) is 5.91 Å². The Bertz CT molecular complexity index is 533. The zero-order valence-electron chi connectivity index (χ0n) is 11.8. The van der Waals surface area contributed by atoms with Gasteiger partial charge in [0, 0.05) is 25.2 Å². The highest BCUT2D eigenvalue weighted by Crippen LogP contribution is 2.24. The molecular weight excluding hydrogens is 252 g/mol. The van der Waals surface area contributed by atoms with E-state index in [0.717, 1.165) is 25.0 Å². The Morgan fingerprint density at radius 1 is 1.45 bits per heavy atom. The Kier molecular flexibility index (Phi) is 4.94. The van der Waals surface area contributed by atoms with Gasteiger partial charge in [0.05, 0.1) is 5.56 Å². The minimum Gasteiger partial charge on any atom is -0.368 e. The van der Waals surface area contributed by atoms with Gasteiger partial charge in [0.15, 0.2) is 0 Å². The number of aromatic nitrogens is 1. The molecule has 0 radical (unpaired) electrons. The first-order chi connectivity index (χ1) is 9.74. The average molecular weight is 272 g/mol. The molecule has 1 amide bonds. The van der Waals surface area contributed by atoms with Gasteiger partial charge in [0.25, 0.3) is 0 Å². The van der Waals surface area contributed by atoms with Crippen LogP contribution in [-0.2, 0) is 17.6 Å². The van der Waals surface area contributed by atoms with Gasteiger partial charge in [-0.05, 0) is 44.2 Å². The van der Waals surface area contributed by atoms with Crippen molar-refractivity contribution in [3.63, 3.8) is 0 Å². The van der Waals surface area contributed by atoms with Crippen LogP contribution < -0.4 is 10.6 Å². The summed E-state index contributed by atoms with van der Waals surface area (Å²) in [6.45, 7) is 3.02. The number of aryl methyl sites for hydroxylation is 2. The number of nitrogens with zero attached hydrogens (tertiary/aromatic N) is 2. The summed E-state index contributed by atoms with van der Waals surface area (Å²) < 4.78 is 0. The molecule has 0 spiro atoms. The van der Waals surface area contributed by atoms with Crippen molar-refractivity contribution >= 4 is 11.7 Å². The number of hydrogen-bond acceptors (Lipinski definition) is 4. The lowest BCUT2D eigenvalue weighted by atomic mass is 9.95. The predicted octanol–water partition coefficient (Wildman–Crippen LogP) is 1.77. The lowest BCUT2D eigenvalue weighted by Crippen LogP contribution is -2.25. The summed E-state index contributed by atoms with van der Waals surface area (Å²) in [5, 5.41) is 15.1. The van der Waals surface area contributed by atoms with Crippen molar-refractivity contribution in [3.05, 3.63) is 22.9 Å². The molecule has 1 heterocycles. The van der Waals surface area contributed by atoms with E-state index in [1.54, 1.807) is 0 Å². The Morgan fingerprint density at radius 3 is 3.00 bits per heavy atom. The lowest BCUT2D eigenvalue weighted by Gasteiger charge is -2.17. The number of pyridine rings is 1. The maximum atomic E-state index is 11.4. The predicted molar refractivity (Wildman–Crippen MR) is 77.4 cm³/mol. The van der Waals surface area contributed by atoms with Gasteiger partial charge in [-0.25, -0.2) is 4.98 Å². The van der Waals surface area contributed by atoms with E-state index in [1.165, 1.54) is 12.0 Å². The van der Waals surface area contributed by atoms with Crippen LogP contribution in [0.4, 0.5) is 5.82 Å². The fourth-order valence-corrected chi connectivity index (χ4v) is 2.43. The smallest absolute Gasteiger partial charge is 0.221 e. The van der Waals surface area contributed by atoms with E-state index >= 15 is 0 Å². The lowest BCUT2D eigenvalue weighted by molar-refractivity contribution is -0.120. The molecule has 1 aromatic heterocycles. The third kappa shape index (κ3) is 3.47. The van der Waals surface area contributed by atoms with Crippen LogP contribution in [0, 0.1) is 11.3 Å². The van der Waals surface area contributed by atoms with Crippen molar-refractivity contribution in [1.29, 1.82) is 5.26 Å². The molecule has 2 N–H and O–H groups in total. The third-order valence-electron chi connectivity index (χ3n) is 3.44. The SMILES string of the molecule is CCNC(=O)CCNc1nc2c(cc1C#N)CCCC2. The number of fused-ring (bicyclic) bond motifs is 1. The molecule has 2 rings (SSSR count). The molecule has 0 aromatic carbocycles. The van der Waals surface area contributed by atoms with Crippen molar-refractivity contribution in [3.8, 4) is 6.07 Å². The van der Waals surface area contributed by atoms with Crippen LogP contribution in [0.15, 0.2) is 6.07 Å². The van der Waals surface area contributed by atoms with Gasteiger partial charge >= 0.3 is 0 Å². The summed E-state index contributed by atoms with van der Waals surface area (Å²) in [5.74, 6) is 0.619. The number of carbonyl (C=O) groups is 1. The van der Waals surface area contributed by atoms with Crippen molar-refractivity contribution in [2.24, 2.45) is 0 Å². The number of nitrogens with one attached hydrogen (secondary N) is 2. The van der Waals surface area contributed by atoms with Crippen LogP contribution in [0.2, 0.25) is 0 Å². The minimum atomic E-state index is 0.0106. The number of carbonyl (C=O) groups excluding carboxylic acids is 1. The van der Waals surface area contributed by atoms with Crippen LogP contribution in [0.3, 0.4) is 0 Å². The Labute approximate surface area is 119 Å². The van der Waals surface area contributed by atoms with Gasteiger partial charge in [0.1, 0.15) is 11.9 Å². The standard InChI is InChI=1S/C15H20N4O/c1-2-17-14(20)7-8-18-15-12(10-16)9-11-5-3-4-6-13(11)19-15/h9H,2-8H2,1H3,(H,17,20)(H,18,19). The number of rotatable bonds is 5. The van der Waals surface area contributed by atoms with E-state index in [1.807, 2.05) is 13.0 Å². The quantitative estimate of drug-likeness (QED) is 0.856. The van der Waals surface area contributed by atoms with Gasteiger partial charge in [-0.15, -0.1) is 0 Å². The summed E-state index contributed by atoms with van der Waals surface area (Å²) in [5.41, 5.74) is 2.86. The van der Waals surface area contributed by atoms with E-state index in [0.29, 0.717) is 30.9 Å². The molecule has 1 aliphatic rings. The normalized spacial score (nSPS) is 13.2. The molecular formula is C15H20N4O. The first-order valence-electron chi connectivity index (χ1n) is 7.18.